The molecule has 0 spiro atoms. The lowest BCUT2D eigenvalue weighted by atomic mass is 10.2. The van der Waals surface area contributed by atoms with Gasteiger partial charge in [0.2, 0.25) is 0 Å². The van der Waals surface area contributed by atoms with Crippen molar-refractivity contribution in [1.82, 2.24) is 15.1 Å². The summed E-state index contributed by atoms with van der Waals surface area (Å²) in [7, 11) is 2.23. The molecule has 1 N–H and O–H groups in total. The summed E-state index contributed by atoms with van der Waals surface area (Å²) >= 11 is 0. The lowest BCUT2D eigenvalue weighted by Crippen LogP contribution is -2.30. The second-order valence-electron chi connectivity index (χ2n) is 4.56. The summed E-state index contributed by atoms with van der Waals surface area (Å²) in [6.07, 6.45) is 4.00. The number of likely N-dealkylation sites (N-methyl/N-ethyl adjacent to an activating group) is 1. The molecule has 0 aromatic heterocycles. The van der Waals surface area contributed by atoms with Crippen molar-refractivity contribution < 1.29 is 0 Å². The number of rotatable bonds is 6. The monoisotopic (exact) mass is 213 g/mol. The Morgan fingerprint density at radius 2 is 1.93 bits per heavy atom. The highest BCUT2D eigenvalue weighted by molar-refractivity contribution is 4.67. The van der Waals surface area contributed by atoms with Gasteiger partial charge >= 0.3 is 0 Å². The molecular formula is C12H27N3. The lowest BCUT2D eigenvalue weighted by molar-refractivity contribution is 0.271. The van der Waals surface area contributed by atoms with Crippen molar-refractivity contribution >= 4 is 0 Å². The standard InChI is InChI=1S/C12H27N3/c1-3-13-7-4-5-9-15-10-6-8-14(2)11-12-15/h13H,3-12H2,1-2H3. The molecule has 1 aliphatic rings. The maximum Gasteiger partial charge on any atom is 0.0109 e. The first kappa shape index (κ1) is 12.9. The first-order chi connectivity index (χ1) is 7.33. The predicted molar refractivity (Wildman–Crippen MR) is 66.3 cm³/mol. The molecule has 0 aromatic rings. The van der Waals surface area contributed by atoms with Crippen LogP contribution in [0.2, 0.25) is 0 Å². The van der Waals surface area contributed by atoms with Crippen LogP contribution in [0.1, 0.15) is 26.2 Å². The smallest absolute Gasteiger partial charge is 0.0109 e. The molecule has 0 radical (unpaired) electrons. The topological polar surface area (TPSA) is 18.5 Å². The Bertz CT molecular complexity index is 150. The Labute approximate surface area is 94.8 Å². The van der Waals surface area contributed by atoms with Gasteiger partial charge in [0.15, 0.2) is 0 Å². The maximum absolute atomic E-state index is 3.38. The van der Waals surface area contributed by atoms with E-state index in [1.807, 2.05) is 0 Å². The summed E-state index contributed by atoms with van der Waals surface area (Å²) in [6, 6.07) is 0. The zero-order chi connectivity index (χ0) is 10.9. The molecule has 0 bridgehead atoms. The lowest BCUT2D eigenvalue weighted by Gasteiger charge is -2.19. The summed E-state index contributed by atoms with van der Waals surface area (Å²) in [4.78, 5) is 5.06. The minimum Gasteiger partial charge on any atom is -0.317 e. The van der Waals surface area contributed by atoms with Crippen LogP contribution in [0.4, 0.5) is 0 Å². The summed E-state index contributed by atoms with van der Waals surface area (Å²) in [6.45, 7) is 10.8. The van der Waals surface area contributed by atoms with Gasteiger partial charge in [-0.1, -0.05) is 6.92 Å². The van der Waals surface area contributed by atoms with Gasteiger partial charge in [-0.05, 0) is 59.0 Å². The van der Waals surface area contributed by atoms with Gasteiger partial charge in [0, 0.05) is 13.1 Å². The highest BCUT2D eigenvalue weighted by atomic mass is 15.2. The number of hydrogen-bond donors (Lipinski definition) is 1. The first-order valence-corrected chi connectivity index (χ1v) is 6.44. The Hall–Kier alpha value is -0.120. The Morgan fingerprint density at radius 1 is 1.07 bits per heavy atom. The zero-order valence-electron chi connectivity index (χ0n) is 10.5. The van der Waals surface area contributed by atoms with E-state index in [-0.39, 0.29) is 0 Å². The summed E-state index contributed by atoms with van der Waals surface area (Å²) in [5.41, 5.74) is 0. The fourth-order valence-corrected chi connectivity index (χ4v) is 2.09. The maximum atomic E-state index is 3.38. The highest BCUT2D eigenvalue weighted by Crippen LogP contribution is 2.02. The van der Waals surface area contributed by atoms with E-state index in [1.165, 1.54) is 58.5 Å². The van der Waals surface area contributed by atoms with Gasteiger partial charge in [0.25, 0.3) is 0 Å². The zero-order valence-corrected chi connectivity index (χ0v) is 10.5. The van der Waals surface area contributed by atoms with Crippen LogP contribution in [-0.2, 0) is 0 Å². The van der Waals surface area contributed by atoms with Crippen molar-refractivity contribution in [2.24, 2.45) is 0 Å². The van der Waals surface area contributed by atoms with E-state index in [9.17, 15) is 0 Å². The van der Waals surface area contributed by atoms with E-state index in [1.54, 1.807) is 0 Å². The van der Waals surface area contributed by atoms with Crippen LogP contribution in [0.3, 0.4) is 0 Å². The quantitative estimate of drug-likeness (QED) is 0.665. The van der Waals surface area contributed by atoms with Gasteiger partial charge in [-0.3, -0.25) is 0 Å². The molecule has 0 unspecified atom stereocenters. The minimum atomic E-state index is 1.11. The third-order valence-electron chi connectivity index (χ3n) is 3.14. The molecule has 3 heteroatoms. The van der Waals surface area contributed by atoms with Crippen LogP contribution in [-0.4, -0.2) is 62.7 Å². The molecule has 0 aromatic carbocycles. The van der Waals surface area contributed by atoms with Crippen LogP contribution in [0, 0.1) is 0 Å². The van der Waals surface area contributed by atoms with Crippen molar-refractivity contribution in [2.75, 3.05) is 52.9 Å². The average Bonchev–Trinajstić information content (AvgIpc) is 2.43. The van der Waals surface area contributed by atoms with Crippen molar-refractivity contribution in [2.45, 2.75) is 26.2 Å². The van der Waals surface area contributed by atoms with E-state index in [2.05, 4.69) is 29.1 Å². The van der Waals surface area contributed by atoms with Gasteiger partial charge in [0.1, 0.15) is 0 Å². The van der Waals surface area contributed by atoms with E-state index in [0.29, 0.717) is 0 Å². The Kier molecular flexibility index (Phi) is 6.98. The van der Waals surface area contributed by atoms with Gasteiger partial charge in [-0.25, -0.2) is 0 Å². The van der Waals surface area contributed by atoms with Crippen LogP contribution in [0.25, 0.3) is 0 Å². The summed E-state index contributed by atoms with van der Waals surface area (Å²) in [5.74, 6) is 0. The molecule has 0 aliphatic carbocycles. The van der Waals surface area contributed by atoms with E-state index < -0.39 is 0 Å². The van der Waals surface area contributed by atoms with E-state index >= 15 is 0 Å². The van der Waals surface area contributed by atoms with Crippen LogP contribution in [0.15, 0.2) is 0 Å². The fourth-order valence-electron chi connectivity index (χ4n) is 2.09. The van der Waals surface area contributed by atoms with Gasteiger partial charge in [0.05, 0.1) is 0 Å². The Balaban J connectivity index is 2.00. The van der Waals surface area contributed by atoms with Crippen molar-refractivity contribution in [3.8, 4) is 0 Å². The number of unbranched alkanes of at least 4 members (excludes halogenated alkanes) is 1. The molecule has 1 fully saturated rings. The molecule has 1 aliphatic heterocycles. The fraction of sp³-hybridized carbons (Fsp3) is 1.00. The molecule has 0 amide bonds. The molecule has 1 rings (SSSR count). The van der Waals surface area contributed by atoms with Crippen LogP contribution >= 0.6 is 0 Å². The van der Waals surface area contributed by atoms with Gasteiger partial charge in [-0.2, -0.15) is 0 Å². The number of nitrogens with one attached hydrogen (secondary N) is 1. The molecule has 3 nitrogen and oxygen atoms in total. The molecule has 90 valence electrons. The predicted octanol–water partition coefficient (Wildman–Crippen LogP) is 1.01. The molecule has 0 atom stereocenters. The molecular weight excluding hydrogens is 186 g/mol. The molecule has 1 saturated heterocycles. The number of nitrogens with zero attached hydrogens (tertiary/aromatic N) is 2. The molecule has 0 saturated carbocycles. The average molecular weight is 213 g/mol. The van der Waals surface area contributed by atoms with Crippen molar-refractivity contribution in [3.05, 3.63) is 0 Å². The minimum absolute atomic E-state index is 1.11. The normalized spacial score (nSPS) is 20.4. The molecule has 15 heavy (non-hydrogen) atoms. The van der Waals surface area contributed by atoms with Crippen LogP contribution < -0.4 is 5.32 Å². The SMILES string of the molecule is CCNCCCCN1CCCN(C)CC1. The van der Waals surface area contributed by atoms with Gasteiger partial charge < -0.3 is 15.1 Å². The third-order valence-corrected chi connectivity index (χ3v) is 3.14. The van der Waals surface area contributed by atoms with Crippen LogP contribution in [0.5, 0.6) is 0 Å². The third kappa shape index (κ3) is 6.13. The van der Waals surface area contributed by atoms with Crippen molar-refractivity contribution in [1.29, 1.82) is 0 Å². The van der Waals surface area contributed by atoms with Gasteiger partial charge in [-0.15, -0.1) is 0 Å². The molecule has 1 heterocycles. The number of hydrogen-bond acceptors (Lipinski definition) is 3. The van der Waals surface area contributed by atoms with Crippen molar-refractivity contribution in [3.63, 3.8) is 0 Å². The highest BCUT2D eigenvalue weighted by Gasteiger charge is 2.10. The van der Waals surface area contributed by atoms with E-state index in [4.69, 9.17) is 0 Å². The summed E-state index contributed by atoms with van der Waals surface area (Å²) in [5, 5.41) is 3.38. The first-order valence-electron chi connectivity index (χ1n) is 6.44. The largest absolute Gasteiger partial charge is 0.317 e. The van der Waals surface area contributed by atoms with E-state index in [0.717, 1.165) is 6.54 Å². The second kappa shape index (κ2) is 8.08. The summed E-state index contributed by atoms with van der Waals surface area (Å²) < 4.78 is 0. The second-order valence-corrected chi connectivity index (χ2v) is 4.56. The Morgan fingerprint density at radius 3 is 2.73 bits per heavy atom.